The van der Waals surface area contributed by atoms with Crippen molar-refractivity contribution in [2.45, 2.75) is 24.7 Å². The highest BCUT2D eigenvalue weighted by molar-refractivity contribution is 8.00. The summed E-state index contributed by atoms with van der Waals surface area (Å²) in [5.41, 5.74) is 4.66. The standard InChI is InChI=1S/C9H13N3O3S/c1-5(13)8-15-7(4-16-8)12-3-2-6(10)11-9(12)14/h2-3,5,7-8,13H,4H2,1H3,(H2,10,11,14)/t5-,7-,8?/m1/s1. The van der Waals surface area contributed by atoms with E-state index in [1.165, 1.54) is 16.3 Å². The topological polar surface area (TPSA) is 90.4 Å². The first-order chi connectivity index (χ1) is 7.58. The summed E-state index contributed by atoms with van der Waals surface area (Å²) < 4.78 is 6.91. The van der Waals surface area contributed by atoms with Crippen LogP contribution in [0.4, 0.5) is 5.82 Å². The molecule has 0 amide bonds. The average Bonchev–Trinajstić information content (AvgIpc) is 2.66. The number of rotatable bonds is 2. The van der Waals surface area contributed by atoms with E-state index in [-0.39, 0.29) is 17.5 Å². The minimum absolute atomic E-state index is 0.193. The van der Waals surface area contributed by atoms with Crippen molar-refractivity contribution in [1.29, 1.82) is 0 Å². The van der Waals surface area contributed by atoms with Crippen LogP contribution < -0.4 is 11.4 Å². The van der Waals surface area contributed by atoms with Gasteiger partial charge >= 0.3 is 5.69 Å². The minimum atomic E-state index is -0.563. The van der Waals surface area contributed by atoms with Crippen LogP contribution in [0.25, 0.3) is 0 Å². The van der Waals surface area contributed by atoms with Crippen molar-refractivity contribution in [2.24, 2.45) is 0 Å². The predicted molar refractivity (Wildman–Crippen MR) is 61.0 cm³/mol. The monoisotopic (exact) mass is 243 g/mol. The molecule has 0 aliphatic carbocycles. The summed E-state index contributed by atoms with van der Waals surface area (Å²) in [7, 11) is 0. The molecule has 1 aliphatic heterocycles. The van der Waals surface area contributed by atoms with Crippen LogP contribution in [0.2, 0.25) is 0 Å². The van der Waals surface area contributed by atoms with E-state index < -0.39 is 11.8 Å². The maximum atomic E-state index is 11.5. The molecule has 1 fully saturated rings. The lowest BCUT2D eigenvalue weighted by Crippen LogP contribution is -2.29. The molecule has 0 aromatic carbocycles. The number of hydrogen-bond donors (Lipinski definition) is 2. The van der Waals surface area contributed by atoms with Crippen molar-refractivity contribution >= 4 is 17.6 Å². The van der Waals surface area contributed by atoms with Gasteiger partial charge in [0.05, 0.1) is 6.10 Å². The van der Waals surface area contributed by atoms with Gasteiger partial charge in [0.2, 0.25) is 0 Å². The molecule has 2 rings (SSSR count). The highest BCUT2D eigenvalue weighted by atomic mass is 32.2. The summed E-state index contributed by atoms with van der Waals surface area (Å²) in [5, 5.41) is 9.36. The van der Waals surface area contributed by atoms with E-state index >= 15 is 0 Å². The molecule has 3 atom stereocenters. The molecule has 16 heavy (non-hydrogen) atoms. The van der Waals surface area contributed by atoms with Gasteiger partial charge in [-0.3, -0.25) is 4.57 Å². The SMILES string of the molecule is C[C@@H](O)C1O[C@@H](n2ccc(N)nc2=O)CS1. The van der Waals surface area contributed by atoms with Gasteiger partial charge in [0.25, 0.3) is 0 Å². The molecule has 1 aromatic rings. The van der Waals surface area contributed by atoms with Crippen LogP contribution in [0.15, 0.2) is 17.1 Å². The van der Waals surface area contributed by atoms with Crippen LogP contribution in [0.1, 0.15) is 13.2 Å². The maximum absolute atomic E-state index is 11.5. The van der Waals surface area contributed by atoms with E-state index in [4.69, 9.17) is 10.5 Å². The van der Waals surface area contributed by atoms with Gasteiger partial charge in [-0.15, -0.1) is 11.8 Å². The molecule has 0 bridgehead atoms. The Morgan fingerprint density at radius 2 is 2.56 bits per heavy atom. The summed E-state index contributed by atoms with van der Waals surface area (Å²) in [6.45, 7) is 1.66. The molecule has 1 aromatic heterocycles. The average molecular weight is 243 g/mol. The number of aromatic nitrogens is 2. The number of hydrogen-bond acceptors (Lipinski definition) is 6. The van der Waals surface area contributed by atoms with E-state index in [0.29, 0.717) is 5.75 Å². The van der Waals surface area contributed by atoms with Gasteiger partial charge in [0.1, 0.15) is 17.5 Å². The van der Waals surface area contributed by atoms with E-state index in [9.17, 15) is 9.90 Å². The molecule has 1 unspecified atom stereocenters. The number of aliphatic hydroxyl groups excluding tert-OH is 1. The fraction of sp³-hybridized carbons (Fsp3) is 0.556. The van der Waals surface area contributed by atoms with Crippen LogP contribution in [0, 0.1) is 0 Å². The van der Waals surface area contributed by atoms with Gasteiger partial charge in [0.15, 0.2) is 0 Å². The number of aliphatic hydroxyl groups is 1. The Morgan fingerprint density at radius 1 is 1.81 bits per heavy atom. The Labute approximate surface area is 96.4 Å². The number of nitrogen functional groups attached to an aromatic ring is 1. The number of nitrogens with zero attached hydrogens (tertiary/aromatic N) is 2. The molecule has 1 saturated heterocycles. The van der Waals surface area contributed by atoms with Crippen molar-refractivity contribution in [3.63, 3.8) is 0 Å². The van der Waals surface area contributed by atoms with Gasteiger partial charge in [0, 0.05) is 11.9 Å². The Balaban J connectivity index is 2.18. The third-order valence-electron chi connectivity index (χ3n) is 2.25. The second-order valence-electron chi connectivity index (χ2n) is 3.58. The summed E-state index contributed by atoms with van der Waals surface area (Å²) in [5.74, 6) is 0.806. The number of anilines is 1. The van der Waals surface area contributed by atoms with E-state index in [2.05, 4.69) is 4.98 Å². The van der Waals surface area contributed by atoms with Gasteiger partial charge in [-0.05, 0) is 13.0 Å². The van der Waals surface area contributed by atoms with Crippen LogP contribution in [-0.4, -0.2) is 32.0 Å². The normalized spacial score (nSPS) is 26.9. The molecule has 2 heterocycles. The molecule has 0 saturated carbocycles. The van der Waals surface area contributed by atoms with Gasteiger partial charge in [-0.2, -0.15) is 4.98 Å². The van der Waals surface area contributed by atoms with Gasteiger partial charge in [-0.25, -0.2) is 4.79 Å². The van der Waals surface area contributed by atoms with Crippen molar-refractivity contribution in [3.05, 3.63) is 22.7 Å². The molecule has 7 heteroatoms. The minimum Gasteiger partial charge on any atom is -0.390 e. The van der Waals surface area contributed by atoms with E-state index in [1.54, 1.807) is 19.2 Å². The van der Waals surface area contributed by atoms with Crippen LogP contribution in [-0.2, 0) is 4.74 Å². The Morgan fingerprint density at radius 3 is 3.12 bits per heavy atom. The first kappa shape index (κ1) is 11.4. The second-order valence-corrected chi connectivity index (χ2v) is 4.71. The molecular weight excluding hydrogens is 230 g/mol. The second kappa shape index (κ2) is 4.44. The largest absolute Gasteiger partial charge is 0.390 e. The molecule has 88 valence electrons. The zero-order valence-electron chi connectivity index (χ0n) is 8.74. The van der Waals surface area contributed by atoms with Crippen LogP contribution >= 0.6 is 11.8 Å². The third-order valence-corrected chi connectivity index (χ3v) is 3.56. The van der Waals surface area contributed by atoms with Gasteiger partial charge < -0.3 is 15.6 Å². The lowest BCUT2D eigenvalue weighted by Gasteiger charge is -2.15. The number of ether oxygens (including phenoxy) is 1. The summed E-state index contributed by atoms with van der Waals surface area (Å²) >= 11 is 1.48. The first-order valence-corrected chi connectivity index (χ1v) is 5.92. The van der Waals surface area contributed by atoms with E-state index in [1.807, 2.05) is 0 Å². The highest BCUT2D eigenvalue weighted by Gasteiger charge is 2.30. The van der Waals surface area contributed by atoms with Crippen molar-refractivity contribution in [2.75, 3.05) is 11.5 Å². The third kappa shape index (κ3) is 2.21. The lowest BCUT2D eigenvalue weighted by molar-refractivity contribution is -0.0341. The van der Waals surface area contributed by atoms with Crippen molar-refractivity contribution in [3.8, 4) is 0 Å². The Kier molecular flexibility index (Phi) is 3.17. The molecule has 1 aliphatic rings. The summed E-state index contributed by atoms with van der Waals surface area (Å²) in [4.78, 5) is 15.1. The summed E-state index contributed by atoms with van der Waals surface area (Å²) in [6, 6.07) is 1.55. The Hall–Kier alpha value is -1.05. The quantitative estimate of drug-likeness (QED) is 0.747. The lowest BCUT2D eigenvalue weighted by atomic mass is 10.4. The smallest absolute Gasteiger partial charge is 0.351 e. The predicted octanol–water partition coefficient (Wildman–Crippen LogP) is -0.206. The zero-order chi connectivity index (χ0) is 11.7. The van der Waals surface area contributed by atoms with Crippen LogP contribution in [0.5, 0.6) is 0 Å². The number of nitrogens with two attached hydrogens (primary N) is 1. The van der Waals surface area contributed by atoms with Crippen LogP contribution in [0.3, 0.4) is 0 Å². The highest BCUT2D eigenvalue weighted by Crippen LogP contribution is 2.32. The molecule has 3 N–H and O–H groups in total. The molecule has 6 nitrogen and oxygen atoms in total. The maximum Gasteiger partial charge on any atom is 0.351 e. The number of thioether (sulfide) groups is 1. The fourth-order valence-corrected chi connectivity index (χ4v) is 2.53. The Bertz CT molecular complexity index is 434. The zero-order valence-corrected chi connectivity index (χ0v) is 9.55. The fourth-order valence-electron chi connectivity index (χ4n) is 1.45. The van der Waals surface area contributed by atoms with Crippen molar-refractivity contribution in [1.82, 2.24) is 9.55 Å². The van der Waals surface area contributed by atoms with Gasteiger partial charge in [-0.1, -0.05) is 0 Å². The molecule has 0 spiro atoms. The summed E-state index contributed by atoms with van der Waals surface area (Å²) in [6.07, 6.45) is 0.609. The first-order valence-electron chi connectivity index (χ1n) is 4.87. The van der Waals surface area contributed by atoms with Crippen molar-refractivity contribution < 1.29 is 9.84 Å². The molecular formula is C9H13N3O3S. The molecule has 0 radical (unpaired) electrons. The van der Waals surface area contributed by atoms with E-state index in [0.717, 1.165) is 0 Å².